The van der Waals surface area contributed by atoms with Crippen LogP contribution in [0.5, 0.6) is 0 Å². The van der Waals surface area contributed by atoms with Crippen molar-refractivity contribution in [3.63, 3.8) is 0 Å². The molecule has 1 atom stereocenters. The summed E-state index contributed by atoms with van der Waals surface area (Å²) in [7, 11) is -3.92. The Labute approximate surface area is 207 Å². The molecule has 3 amide bonds. The average Bonchev–Trinajstić information content (AvgIpc) is 2.97. The Bertz CT molecular complexity index is 1230. The molecule has 0 aromatic heterocycles. The van der Waals surface area contributed by atoms with Gasteiger partial charge >= 0.3 is 0 Å². The van der Waals surface area contributed by atoms with Crippen molar-refractivity contribution in [2.24, 2.45) is 0 Å². The lowest BCUT2D eigenvalue weighted by atomic mass is 10.1. The maximum absolute atomic E-state index is 13.3. The standard InChI is InChI=1S/C26H33N3O5S/c1-18-11-6-7-12-20(18)17-28(19(2)24(31)27-26(3,4)5)23(30)15-10-16-29-25(32)21-13-8-9-14-22(21)35(29,33)34/h6-9,11-14,19H,10,15-17H2,1-5H3,(H,27,31)/t19-/m1/s1. The van der Waals surface area contributed by atoms with Crippen molar-refractivity contribution >= 4 is 27.7 Å². The molecule has 188 valence electrons. The molecule has 0 aliphatic carbocycles. The third-order valence-electron chi connectivity index (χ3n) is 5.93. The second-order valence-electron chi connectivity index (χ2n) is 9.85. The number of sulfonamides is 1. The van der Waals surface area contributed by atoms with Gasteiger partial charge in [0.1, 0.15) is 10.9 Å². The van der Waals surface area contributed by atoms with Crippen molar-refractivity contribution in [2.75, 3.05) is 6.54 Å². The molecule has 0 fully saturated rings. The summed E-state index contributed by atoms with van der Waals surface area (Å²) in [5, 5.41) is 2.92. The van der Waals surface area contributed by atoms with Gasteiger partial charge in [0.25, 0.3) is 15.9 Å². The van der Waals surface area contributed by atoms with Crippen LogP contribution in [-0.4, -0.2) is 53.5 Å². The van der Waals surface area contributed by atoms with Crippen LogP contribution >= 0.6 is 0 Å². The molecule has 0 spiro atoms. The van der Waals surface area contributed by atoms with Crippen molar-refractivity contribution in [3.8, 4) is 0 Å². The number of fused-ring (bicyclic) bond motifs is 1. The zero-order valence-electron chi connectivity index (χ0n) is 20.9. The fourth-order valence-electron chi connectivity index (χ4n) is 4.00. The van der Waals surface area contributed by atoms with E-state index < -0.39 is 27.5 Å². The summed E-state index contributed by atoms with van der Waals surface area (Å²) in [4.78, 5) is 40.3. The summed E-state index contributed by atoms with van der Waals surface area (Å²) < 4.78 is 26.4. The summed E-state index contributed by atoms with van der Waals surface area (Å²) in [5.41, 5.74) is 1.61. The number of carbonyl (C=O) groups is 3. The quantitative estimate of drug-likeness (QED) is 0.601. The summed E-state index contributed by atoms with van der Waals surface area (Å²) in [6.45, 7) is 9.38. The second kappa shape index (κ2) is 10.2. The van der Waals surface area contributed by atoms with Crippen LogP contribution in [0.2, 0.25) is 0 Å². The van der Waals surface area contributed by atoms with Crippen LogP contribution in [0.15, 0.2) is 53.4 Å². The predicted molar refractivity (Wildman–Crippen MR) is 133 cm³/mol. The first kappa shape index (κ1) is 26.4. The topological polar surface area (TPSA) is 104 Å². The van der Waals surface area contributed by atoms with E-state index in [0.29, 0.717) is 0 Å². The van der Waals surface area contributed by atoms with Gasteiger partial charge in [0, 0.05) is 25.0 Å². The van der Waals surface area contributed by atoms with Gasteiger partial charge in [0.2, 0.25) is 11.8 Å². The molecule has 2 aromatic carbocycles. The van der Waals surface area contributed by atoms with Gasteiger partial charge in [-0.1, -0.05) is 36.4 Å². The Hall–Kier alpha value is -3.20. The maximum atomic E-state index is 13.3. The van der Waals surface area contributed by atoms with Gasteiger partial charge < -0.3 is 10.2 Å². The fourth-order valence-corrected chi connectivity index (χ4v) is 5.60. The van der Waals surface area contributed by atoms with Gasteiger partial charge in [-0.05, 0) is 64.3 Å². The number of nitrogens with one attached hydrogen (secondary N) is 1. The fraction of sp³-hybridized carbons (Fsp3) is 0.423. The molecule has 35 heavy (non-hydrogen) atoms. The highest BCUT2D eigenvalue weighted by Crippen LogP contribution is 2.30. The van der Waals surface area contributed by atoms with Crippen molar-refractivity contribution in [3.05, 3.63) is 65.2 Å². The highest BCUT2D eigenvalue weighted by atomic mass is 32.2. The predicted octanol–water partition coefficient (Wildman–Crippen LogP) is 3.25. The number of amides is 3. The van der Waals surface area contributed by atoms with Crippen LogP contribution in [0.3, 0.4) is 0 Å². The van der Waals surface area contributed by atoms with Crippen LogP contribution in [0.25, 0.3) is 0 Å². The molecule has 3 rings (SSSR count). The lowest BCUT2D eigenvalue weighted by Gasteiger charge is -2.32. The number of nitrogens with zero attached hydrogens (tertiary/aromatic N) is 2. The summed E-state index contributed by atoms with van der Waals surface area (Å²) in [5.74, 6) is -1.14. The van der Waals surface area contributed by atoms with Crippen molar-refractivity contribution in [1.29, 1.82) is 0 Å². The molecule has 1 aliphatic heterocycles. The lowest BCUT2D eigenvalue weighted by molar-refractivity contribution is -0.141. The summed E-state index contributed by atoms with van der Waals surface area (Å²) in [6, 6.07) is 13.0. The maximum Gasteiger partial charge on any atom is 0.269 e. The molecule has 1 heterocycles. The Morgan fingerprint density at radius 3 is 2.31 bits per heavy atom. The molecule has 0 saturated heterocycles. The monoisotopic (exact) mass is 499 g/mol. The number of aryl methyl sites for hydroxylation is 1. The van der Waals surface area contributed by atoms with Gasteiger partial charge in [0.15, 0.2) is 0 Å². The van der Waals surface area contributed by atoms with Gasteiger partial charge in [-0.3, -0.25) is 14.4 Å². The first-order valence-electron chi connectivity index (χ1n) is 11.6. The zero-order chi connectivity index (χ0) is 26.0. The second-order valence-corrected chi connectivity index (χ2v) is 11.7. The van der Waals surface area contributed by atoms with E-state index in [9.17, 15) is 22.8 Å². The highest BCUT2D eigenvalue weighted by Gasteiger charge is 2.40. The zero-order valence-corrected chi connectivity index (χ0v) is 21.7. The molecule has 0 unspecified atom stereocenters. The van der Waals surface area contributed by atoms with Crippen LogP contribution in [0.4, 0.5) is 0 Å². The van der Waals surface area contributed by atoms with Crippen LogP contribution in [0.1, 0.15) is 62.0 Å². The van der Waals surface area contributed by atoms with E-state index in [1.54, 1.807) is 19.1 Å². The normalized spacial score (nSPS) is 15.5. The Morgan fingerprint density at radius 1 is 1.06 bits per heavy atom. The van der Waals surface area contributed by atoms with Gasteiger partial charge in [-0.25, -0.2) is 12.7 Å². The van der Waals surface area contributed by atoms with E-state index in [1.165, 1.54) is 17.0 Å². The first-order valence-corrected chi connectivity index (χ1v) is 13.1. The van der Waals surface area contributed by atoms with E-state index in [1.807, 2.05) is 52.0 Å². The summed E-state index contributed by atoms with van der Waals surface area (Å²) >= 11 is 0. The first-order chi connectivity index (χ1) is 16.3. The Balaban J connectivity index is 1.73. The SMILES string of the molecule is Cc1ccccc1CN(C(=O)CCCN1C(=O)c2ccccc2S1(=O)=O)[C@H](C)C(=O)NC(C)(C)C. The average molecular weight is 500 g/mol. The molecule has 0 saturated carbocycles. The largest absolute Gasteiger partial charge is 0.350 e. The molecule has 0 radical (unpaired) electrons. The van der Waals surface area contributed by atoms with Gasteiger partial charge in [-0.15, -0.1) is 0 Å². The number of benzene rings is 2. The Kier molecular flexibility index (Phi) is 7.69. The van der Waals surface area contributed by atoms with E-state index in [-0.39, 0.29) is 48.2 Å². The molecular formula is C26H33N3O5S. The van der Waals surface area contributed by atoms with E-state index in [0.717, 1.165) is 15.4 Å². The molecule has 8 nitrogen and oxygen atoms in total. The van der Waals surface area contributed by atoms with E-state index >= 15 is 0 Å². The number of rotatable bonds is 8. The van der Waals surface area contributed by atoms with Crippen LogP contribution < -0.4 is 5.32 Å². The Morgan fingerprint density at radius 2 is 1.69 bits per heavy atom. The lowest BCUT2D eigenvalue weighted by Crippen LogP contribution is -2.52. The highest BCUT2D eigenvalue weighted by molar-refractivity contribution is 7.90. The number of carbonyl (C=O) groups excluding carboxylic acids is 3. The van der Waals surface area contributed by atoms with E-state index in [4.69, 9.17) is 0 Å². The molecule has 0 bridgehead atoms. The van der Waals surface area contributed by atoms with Crippen molar-refractivity contribution < 1.29 is 22.8 Å². The molecule has 2 aromatic rings. The molecule has 1 aliphatic rings. The molecule has 1 N–H and O–H groups in total. The number of hydrogen-bond donors (Lipinski definition) is 1. The minimum absolute atomic E-state index is 0.00529. The van der Waals surface area contributed by atoms with Crippen LogP contribution in [0, 0.1) is 6.92 Å². The summed E-state index contributed by atoms with van der Waals surface area (Å²) in [6.07, 6.45) is 0.143. The van der Waals surface area contributed by atoms with Crippen molar-refractivity contribution in [1.82, 2.24) is 14.5 Å². The number of hydrogen-bond acceptors (Lipinski definition) is 5. The third-order valence-corrected chi connectivity index (χ3v) is 7.77. The van der Waals surface area contributed by atoms with Crippen LogP contribution in [-0.2, 0) is 26.2 Å². The molecular weight excluding hydrogens is 466 g/mol. The van der Waals surface area contributed by atoms with Gasteiger partial charge in [-0.2, -0.15) is 0 Å². The minimum Gasteiger partial charge on any atom is -0.350 e. The smallest absolute Gasteiger partial charge is 0.269 e. The van der Waals surface area contributed by atoms with E-state index in [2.05, 4.69) is 5.32 Å². The van der Waals surface area contributed by atoms with Gasteiger partial charge in [0.05, 0.1) is 5.56 Å². The minimum atomic E-state index is -3.92. The van der Waals surface area contributed by atoms with Crippen molar-refractivity contribution in [2.45, 2.75) is 70.5 Å². The molecule has 9 heteroatoms. The third kappa shape index (κ3) is 5.90.